The highest BCUT2D eigenvalue weighted by atomic mass is 127. The van der Waals surface area contributed by atoms with E-state index in [1.165, 1.54) is 14.8 Å². The SMILES string of the molecule is COc1ccc(CNc2nccc3c2cc(I)n3C)cc1. The lowest BCUT2D eigenvalue weighted by atomic mass is 10.2. The van der Waals surface area contributed by atoms with Crippen molar-refractivity contribution in [3.8, 4) is 5.75 Å². The lowest BCUT2D eigenvalue weighted by Gasteiger charge is -2.08. The molecule has 2 heterocycles. The van der Waals surface area contributed by atoms with E-state index in [0.29, 0.717) is 0 Å². The fourth-order valence-electron chi connectivity index (χ4n) is 2.30. The number of nitrogens with one attached hydrogen (secondary N) is 1. The molecular weight excluding hydrogens is 377 g/mol. The van der Waals surface area contributed by atoms with Crippen LogP contribution in [0.1, 0.15) is 5.56 Å². The Hall–Kier alpha value is -1.76. The second kappa shape index (κ2) is 5.93. The summed E-state index contributed by atoms with van der Waals surface area (Å²) in [6, 6.07) is 12.2. The van der Waals surface area contributed by atoms with Gasteiger partial charge in [-0.1, -0.05) is 12.1 Å². The van der Waals surface area contributed by atoms with Crippen LogP contribution in [0.4, 0.5) is 5.82 Å². The van der Waals surface area contributed by atoms with Crippen molar-refractivity contribution in [2.75, 3.05) is 12.4 Å². The molecule has 5 heteroatoms. The number of pyridine rings is 1. The molecule has 1 N–H and O–H groups in total. The van der Waals surface area contributed by atoms with Crippen LogP contribution in [0.15, 0.2) is 42.6 Å². The largest absolute Gasteiger partial charge is 0.497 e. The second-order valence-corrected chi connectivity index (χ2v) is 5.93. The molecule has 0 aliphatic rings. The van der Waals surface area contributed by atoms with E-state index < -0.39 is 0 Å². The third-order valence-corrected chi connectivity index (χ3v) is 4.57. The van der Waals surface area contributed by atoms with E-state index in [-0.39, 0.29) is 0 Å². The Kier molecular flexibility index (Phi) is 4.01. The fraction of sp³-hybridized carbons (Fsp3) is 0.188. The average molecular weight is 393 g/mol. The zero-order chi connectivity index (χ0) is 14.8. The van der Waals surface area contributed by atoms with Crippen molar-refractivity contribution in [1.82, 2.24) is 9.55 Å². The smallest absolute Gasteiger partial charge is 0.135 e. The van der Waals surface area contributed by atoms with Gasteiger partial charge in [-0.2, -0.15) is 0 Å². The summed E-state index contributed by atoms with van der Waals surface area (Å²) < 4.78 is 8.53. The van der Waals surface area contributed by atoms with Gasteiger partial charge >= 0.3 is 0 Å². The molecule has 21 heavy (non-hydrogen) atoms. The van der Waals surface area contributed by atoms with Gasteiger partial charge in [0.2, 0.25) is 0 Å². The van der Waals surface area contributed by atoms with Crippen LogP contribution in [-0.4, -0.2) is 16.7 Å². The monoisotopic (exact) mass is 393 g/mol. The first-order valence-electron chi connectivity index (χ1n) is 6.66. The average Bonchev–Trinajstić information content (AvgIpc) is 2.81. The maximum absolute atomic E-state index is 5.17. The van der Waals surface area contributed by atoms with E-state index >= 15 is 0 Å². The van der Waals surface area contributed by atoms with Gasteiger partial charge in [-0.3, -0.25) is 0 Å². The number of methoxy groups -OCH3 is 1. The van der Waals surface area contributed by atoms with Crippen LogP contribution in [0.3, 0.4) is 0 Å². The standard InChI is InChI=1S/C16H16IN3O/c1-20-14-7-8-18-16(13(14)9-15(20)17)19-10-11-3-5-12(21-2)6-4-11/h3-9H,10H2,1-2H3,(H,18,19). The molecule has 3 rings (SSSR count). The van der Waals surface area contributed by atoms with Crippen LogP contribution < -0.4 is 10.1 Å². The Bertz CT molecular complexity index is 765. The molecule has 0 amide bonds. The Labute approximate surface area is 137 Å². The quantitative estimate of drug-likeness (QED) is 0.686. The Morgan fingerprint density at radius 3 is 2.71 bits per heavy atom. The first kappa shape index (κ1) is 14.2. The summed E-state index contributed by atoms with van der Waals surface area (Å²) in [6.45, 7) is 0.738. The number of ether oxygens (including phenoxy) is 1. The molecule has 0 radical (unpaired) electrons. The molecule has 0 saturated heterocycles. The maximum Gasteiger partial charge on any atom is 0.135 e. The van der Waals surface area contributed by atoms with Gasteiger partial charge in [0.25, 0.3) is 0 Å². The number of anilines is 1. The van der Waals surface area contributed by atoms with Gasteiger partial charge in [0.15, 0.2) is 0 Å². The van der Waals surface area contributed by atoms with Crippen molar-refractivity contribution in [2.45, 2.75) is 6.54 Å². The van der Waals surface area contributed by atoms with Crippen LogP contribution in [0.5, 0.6) is 5.75 Å². The molecule has 108 valence electrons. The molecule has 0 spiro atoms. The summed E-state index contributed by atoms with van der Waals surface area (Å²) in [5, 5.41) is 4.56. The van der Waals surface area contributed by atoms with E-state index in [4.69, 9.17) is 4.74 Å². The second-order valence-electron chi connectivity index (χ2n) is 4.82. The van der Waals surface area contributed by atoms with Crippen molar-refractivity contribution in [2.24, 2.45) is 7.05 Å². The number of rotatable bonds is 4. The molecule has 0 aliphatic carbocycles. The highest BCUT2D eigenvalue weighted by molar-refractivity contribution is 14.1. The molecule has 0 fully saturated rings. The minimum Gasteiger partial charge on any atom is -0.497 e. The Morgan fingerprint density at radius 2 is 2.00 bits per heavy atom. The number of fused-ring (bicyclic) bond motifs is 1. The minimum atomic E-state index is 0.738. The summed E-state index contributed by atoms with van der Waals surface area (Å²) in [6.07, 6.45) is 1.84. The minimum absolute atomic E-state index is 0.738. The number of aromatic nitrogens is 2. The number of aryl methyl sites for hydroxylation is 1. The van der Waals surface area contributed by atoms with Gasteiger partial charge in [-0.25, -0.2) is 4.98 Å². The zero-order valence-corrected chi connectivity index (χ0v) is 14.1. The van der Waals surface area contributed by atoms with E-state index in [1.54, 1.807) is 7.11 Å². The van der Waals surface area contributed by atoms with Crippen LogP contribution >= 0.6 is 22.6 Å². The third kappa shape index (κ3) is 2.83. The summed E-state index contributed by atoms with van der Waals surface area (Å²) in [5.41, 5.74) is 2.38. The van der Waals surface area contributed by atoms with E-state index in [2.05, 4.69) is 62.7 Å². The summed E-state index contributed by atoms with van der Waals surface area (Å²) in [7, 11) is 3.74. The predicted molar refractivity (Wildman–Crippen MR) is 93.8 cm³/mol. The summed E-state index contributed by atoms with van der Waals surface area (Å²) in [5.74, 6) is 1.79. The number of halogens is 1. The van der Waals surface area contributed by atoms with Crippen molar-refractivity contribution < 1.29 is 4.74 Å². The highest BCUT2D eigenvalue weighted by Gasteiger charge is 2.08. The van der Waals surface area contributed by atoms with Crippen LogP contribution in [0.2, 0.25) is 0 Å². The van der Waals surface area contributed by atoms with Crippen LogP contribution in [0, 0.1) is 3.70 Å². The molecule has 0 unspecified atom stereocenters. The fourth-order valence-corrected chi connectivity index (χ4v) is 2.87. The van der Waals surface area contributed by atoms with E-state index in [1.807, 2.05) is 24.4 Å². The van der Waals surface area contributed by atoms with E-state index in [0.717, 1.165) is 23.5 Å². The molecule has 0 aliphatic heterocycles. The third-order valence-electron chi connectivity index (χ3n) is 3.53. The number of benzene rings is 1. The van der Waals surface area contributed by atoms with Gasteiger partial charge in [0.1, 0.15) is 11.6 Å². The number of hydrogen-bond donors (Lipinski definition) is 1. The van der Waals surface area contributed by atoms with Gasteiger partial charge in [0, 0.05) is 25.2 Å². The molecular formula is C16H16IN3O. The van der Waals surface area contributed by atoms with Crippen LogP contribution in [0.25, 0.3) is 10.9 Å². The molecule has 0 saturated carbocycles. The highest BCUT2D eigenvalue weighted by Crippen LogP contribution is 2.25. The van der Waals surface area contributed by atoms with Gasteiger partial charge in [-0.05, 0) is 52.4 Å². The first-order chi connectivity index (χ1) is 10.2. The molecule has 1 aromatic carbocycles. The number of hydrogen-bond acceptors (Lipinski definition) is 3. The Balaban J connectivity index is 1.83. The van der Waals surface area contributed by atoms with E-state index in [9.17, 15) is 0 Å². The van der Waals surface area contributed by atoms with Gasteiger partial charge < -0.3 is 14.6 Å². The maximum atomic E-state index is 5.17. The predicted octanol–water partition coefficient (Wildman–Crippen LogP) is 3.80. The van der Waals surface area contributed by atoms with Crippen molar-refractivity contribution >= 4 is 39.3 Å². The first-order valence-corrected chi connectivity index (χ1v) is 7.73. The van der Waals surface area contributed by atoms with Gasteiger partial charge in [-0.15, -0.1) is 0 Å². The molecule has 0 atom stereocenters. The summed E-state index contributed by atoms with van der Waals surface area (Å²) >= 11 is 2.34. The van der Waals surface area contributed by atoms with Crippen molar-refractivity contribution in [1.29, 1.82) is 0 Å². The lowest BCUT2D eigenvalue weighted by Crippen LogP contribution is -2.01. The normalized spacial score (nSPS) is 10.8. The topological polar surface area (TPSA) is 39.1 Å². The molecule has 2 aromatic heterocycles. The zero-order valence-electron chi connectivity index (χ0n) is 11.9. The Morgan fingerprint density at radius 1 is 1.24 bits per heavy atom. The van der Waals surface area contributed by atoms with Crippen molar-refractivity contribution in [3.05, 3.63) is 51.9 Å². The summed E-state index contributed by atoms with van der Waals surface area (Å²) in [4.78, 5) is 4.46. The number of nitrogens with zero attached hydrogens (tertiary/aromatic N) is 2. The molecule has 4 nitrogen and oxygen atoms in total. The molecule has 3 aromatic rings. The molecule has 0 bridgehead atoms. The lowest BCUT2D eigenvalue weighted by molar-refractivity contribution is 0.414. The van der Waals surface area contributed by atoms with Gasteiger partial charge in [0.05, 0.1) is 16.3 Å². The van der Waals surface area contributed by atoms with Crippen LogP contribution in [-0.2, 0) is 13.6 Å². The van der Waals surface area contributed by atoms with Crippen molar-refractivity contribution in [3.63, 3.8) is 0 Å².